The van der Waals surface area contributed by atoms with E-state index < -0.39 is 15.7 Å². The molecule has 2 heterocycles. The molecule has 0 aliphatic carbocycles. The Morgan fingerprint density at radius 1 is 1.29 bits per heavy atom. The van der Waals surface area contributed by atoms with E-state index in [0.29, 0.717) is 17.2 Å². The van der Waals surface area contributed by atoms with E-state index in [4.69, 9.17) is 4.74 Å². The van der Waals surface area contributed by atoms with Crippen molar-refractivity contribution in [3.05, 3.63) is 48.3 Å². The van der Waals surface area contributed by atoms with Gasteiger partial charge in [0, 0.05) is 24.2 Å². The summed E-state index contributed by atoms with van der Waals surface area (Å²) in [4.78, 5) is 16.7. The van der Waals surface area contributed by atoms with Gasteiger partial charge in [0.05, 0.1) is 18.2 Å². The van der Waals surface area contributed by atoms with Gasteiger partial charge in [-0.05, 0) is 18.2 Å². The van der Waals surface area contributed by atoms with Crippen molar-refractivity contribution < 1.29 is 17.9 Å². The summed E-state index contributed by atoms with van der Waals surface area (Å²) in [6.45, 7) is 0. The summed E-state index contributed by atoms with van der Waals surface area (Å²) in [7, 11) is -1.86. The maximum absolute atomic E-state index is 12.5. The number of aromatic nitrogens is 3. The van der Waals surface area contributed by atoms with Crippen LogP contribution in [0.1, 0.15) is 10.4 Å². The van der Waals surface area contributed by atoms with Crippen molar-refractivity contribution >= 4 is 27.1 Å². The number of hydrogen-bond acceptors (Lipinski definition) is 6. The number of hydrogen-bond donors (Lipinski definition) is 1. The molecule has 1 aromatic carbocycles. The molecular weight excluding hydrogens is 332 g/mol. The first-order valence-electron chi connectivity index (χ1n) is 6.88. The van der Waals surface area contributed by atoms with E-state index in [1.807, 2.05) is 0 Å². The minimum Gasteiger partial charge on any atom is -0.481 e. The summed E-state index contributed by atoms with van der Waals surface area (Å²) in [5.74, 6) is -0.00507. The van der Waals surface area contributed by atoms with Gasteiger partial charge in [-0.25, -0.2) is 13.4 Å². The smallest absolute Gasteiger partial charge is 0.261 e. The van der Waals surface area contributed by atoms with Gasteiger partial charge in [0.15, 0.2) is 15.5 Å². The van der Waals surface area contributed by atoms with Gasteiger partial charge in [-0.3, -0.25) is 4.79 Å². The molecule has 0 atom stereocenters. The second kappa shape index (κ2) is 5.93. The molecule has 1 amide bonds. The van der Waals surface area contributed by atoms with Crippen LogP contribution in [0.4, 0.5) is 5.69 Å². The van der Waals surface area contributed by atoms with Gasteiger partial charge >= 0.3 is 0 Å². The van der Waals surface area contributed by atoms with Gasteiger partial charge in [-0.2, -0.15) is 9.61 Å². The fraction of sp³-hybridized carbons (Fsp3) is 0.133. The highest BCUT2D eigenvalue weighted by molar-refractivity contribution is 7.90. The Morgan fingerprint density at radius 2 is 2.08 bits per heavy atom. The molecule has 2 aromatic heterocycles. The van der Waals surface area contributed by atoms with Crippen LogP contribution in [0.15, 0.2) is 47.6 Å². The Kier molecular flexibility index (Phi) is 3.94. The summed E-state index contributed by atoms with van der Waals surface area (Å²) in [6, 6.07) is 7.65. The number of amides is 1. The van der Waals surface area contributed by atoms with Crippen LogP contribution in [0.2, 0.25) is 0 Å². The van der Waals surface area contributed by atoms with Crippen molar-refractivity contribution in [1.29, 1.82) is 0 Å². The number of benzene rings is 1. The van der Waals surface area contributed by atoms with E-state index in [1.54, 1.807) is 18.2 Å². The third kappa shape index (κ3) is 2.93. The molecule has 1 N–H and O–H groups in total. The van der Waals surface area contributed by atoms with Crippen molar-refractivity contribution in [2.45, 2.75) is 4.90 Å². The number of carbonyl (C=O) groups is 1. The van der Waals surface area contributed by atoms with E-state index in [1.165, 1.54) is 36.2 Å². The molecule has 3 rings (SSSR count). The first kappa shape index (κ1) is 15.9. The number of methoxy groups -OCH3 is 1. The van der Waals surface area contributed by atoms with Gasteiger partial charge < -0.3 is 10.1 Å². The van der Waals surface area contributed by atoms with Crippen molar-refractivity contribution in [2.24, 2.45) is 0 Å². The SMILES string of the molecule is COc1ccnc2c(C(=O)Nc3cccc(S(C)(=O)=O)c3)cnn12. The zero-order valence-corrected chi connectivity index (χ0v) is 13.7. The molecule has 0 saturated heterocycles. The monoisotopic (exact) mass is 346 g/mol. The molecule has 0 bridgehead atoms. The van der Waals surface area contributed by atoms with Gasteiger partial charge in [0.25, 0.3) is 5.91 Å². The molecule has 0 radical (unpaired) electrons. The Bertz CT molecular complexity index is 1030. The predicted octanol–water partition coefficient (Wildman–Crippen LogP) is 1.39. The van der Waals surface area contributed by atoms with Crippen molar-refractivity contribution in [3.63, 3.8) is 0 Å². The summed E-state index contributed by atoms with van der Waals surface area (Å²) >= 11 is 0. The maximum Gasteiger partial charge on any atom is 0.261 e. The van der Waals surface area contributed by atoms with E-state index >= 15 is 0 Å². The predicted molar refractivity (Wildman–Crippen MR) is 87.0 cm³/mol. The molecule has 9 heteroatoms. The number of anilines is 1. The molecule has 0 unspecified atom stereocenters. The fourth-order valence-electron chi connectivity index (χ4n) is 2.19. The normalized spacial score (nSPS) is 11.4. The second-order valence-corrected chi connectivity index (χ2v) is 7.05. The maximum atomic E-state index is 12.5. The Hall–Kier alpha value is -2.94. The van der Waals surface area contributed by atoms with Crippen LogP contribution in [0.25, 0.3) is 5.65 Å². The largest absolute Gasteiger partial charge is 0.481 e. The quantitative estimate of drug-likeness (QED) is 0.766. The molecule has 8 nitrogen and oxygen atoms in total. The molecule has 0 saturated carbocycles. The second-order valence-electron chi connectivity index (χ2n) is 5.03. The van der Waals surface area contributed by atoms with Crippen molar-refractivity contribution in [1.82, 2.24) is 14.6 Å². The van der Waals surface area contributed by atoms with Crippen LogP contribution in [0.5, 0.6) is 5.88 Å². The lowest BCUT2D eigenvalue weighted by Gasteiger charge is -2.06. The Morgan fingerprint density at radius 3 is 2.79 bits per heavy atom. The highest BCUT2D eigenvalue weighted by atomic mass is 32.2. The molecule has 124 valence electrons. The Labute approximate surface area is 138 Å². The van der Waals surface area contributed by atoms with Crippen LogP contribution in [0, 0.1) is 0 Å². The van der Waals surface area contributed by atoms with Crippen LogP contribution >= 0.6 is 0 Å². The summed E-state index contributed by atoms with van der Waals surface area (Å²) in [5, 5.41) is 6.73. The van der Waals surface area contributed by atoms with Crippen molar-refractivity contribution in [2.75, 3.05) is 18.7 Å². The number of nitrogens with zero attached hydrogens (tertiary/aromatic N) is 3. The van der Waals surface area contributed by atoms with Gasteiger partial charge in [-0.1, -0.05) is 6.07 Å². The highest BCUT2D eigenvalue weighted by Crippen LogP contribution is 2.19. The molecule has 0 aliphatic rings. The van der Waals surface area contributed by atoms with E-state index in [9.17, 15) is 13.2 Å². The molecular formula is C15H14N4O4S. The first-order valence-corrected chi connectivity index (χ1v) is 8.77. The fourth-order valence-corrected chi connectivity index (χ4v) is 2.85. The zero-order valence-electron chi connectivity index (χ0n) is 12.9. The van der Waals surface area contributed by atoms with Gasteiger partial charge in [0.2, 0.25) is 5.88 Å². The first-order chi connectivity index (χ1) is 11.4. The minimum atomic E-state index is -3.36. The number of sulfone groups is 1. The van der Waals surface area contributed by atoms with E-state index in [-0.39, 0.29) is 10.5 Å². The lowest BCUT2D eigenvalue weighted by Crippen LogP contribution is -2.12. The van der Waals surface area contributed by atoms with E-state index in [2.05, 4.69) is 15.4 Å². The summed E-state index contributed by atoms with van der Waals surface area (Å²) in [6.07, 6.45) is 3.99. The van der Waals surface area contributed by atoms with Gasteiger partial charge in [-0.15, -0.1) is 0 Å². The Balaban J connectivity index is 1.94. The summed E-state index contributed by atoms with van der Waals surface area (Å²) in [5.41, 5.74) is 0.954. The van der Waals surface area contributed by atoms with Gasteiger partial charge in [0.1, 0.15) is 5.56 Å². The number of carbonyl (C=O) groups excluding carboxylic acids is 1. The average molecular weight is 346 g/mol. The number of ether oxygens (including phenoxy) is 1. The van der Waals surface area contributed by atoms with Crippen LogP contribution in [-0.4, -0.2) is 42.3 Å². The highest BCUT2D eigenvalue weighted by Gasteiger charge is 2.16. The lowest BCUT2D eigenvalue weighted by molar-refractivity contribution is 0.102. The topological polar surface area (TPSA) is 103 Å². The number of nitrogens with one attached hydrogen (secondary N) is 1. The standard InChI is InChI=1S/C15H14N4O4S/c1-23-13-6-7-16-14-12(9-17-19(13)14)15(20)18-10-4-3-5-11(8-10)24(2,21)22/h3-9H,1-2H3,(H,18,20). The average Bonchev–Trinajstić information content (AvgIpc) is 2.98. The van der Waals surface area contributed by atoms with Crippen molar-refractivity contribution in [3.8, 4) is 5.88 Å². The summed E-state index contributed by atoms with van der Waals surface area (Å²) < 4.78 is 29.7. The van der Waals surface area contributed by atoms with Crippen LogP contribution in [-0.2, 0) is 9.84 Å². The lowest BCUT2D eigenvalue weighted by atomic mass is 10.2. The molecule has 0 fully saturated rings. The third-order valence-electron chi connectivity index (χ3n) is 3.34. The minimum absolute atomic E-state index is 0.125. The zero-order chi connectivity index (χ0) is 17.3. The molecule has 0 aliphatic heterocycles. The molecule has 3 aromatic rings. The number of rotatable bonds is 4. The number of fused-ring (bicyclic) bond motifs is 1. The molecule has 0 spiro atoms. The van der Waals surface area contributed by atoms with Crippen LogP contribution in [0.3, 0.4) is 0 Å². The van der Waals surface area contributed by atoms with Crippen LogP contribution < -0.4 is 10.1 Å². The van der Waals surface area contributed by atoms with E-state index in [0.717, 1.165) is 6.26 Å². The third-order valence-corrected chi connectivity index (χ3v) is 4.45. The molecule has 24 heavy (non-hydrogen) atoms.